The molecule has 1 N–H and O–H groups in total. The quantitative estimate of drug-likeness (QED) is 0.892. The Kier molecular flexibility index (Phi) is 3.24. The molecule has 94 valence electrons. The largest absolute Gasteiger partial charge is 0.474 e. The number of pyridine rings is 1. The van der Waals surface area contributed by atoms with Gasteiger partial charge in [0.05, 0.1) is 6.61 Å². The smallest absolute Gasteiger partial charge is 0.433 e. The first-order valence-corrected chi connectivity index (χ1v) is 5.35. The third-order valence-electron chi connectivity index (χ3n) is 2.73. The molecule has 2 rings (SSSR count). The summed E-state index contributed by atoms with van der Waals surface area (Å²) in [6.07, 6.45) is -1.91. The van der Waals surface area contributed by atoms with Crippen molar-refractivity contribution in [1.82, 2.24) is 4.98 Å². The topological polar surface area (TPSA) is 42.4 Å². The van der Waals surface area contributed by atoms with Gasteiger partial charge in [0.15, 0.2) is 0 Å². The molecule has 0 aromatic carbocycles. The number of hydrogen-bond donors (Lipinski definition) is 1. The number of rotatable bonds is 3. The van der Waals surface area contributed by atoms with Gasteiger partial charge in [0.2, 0.25) is 5.88 Å². The summed E-state index contributed by atoms with van der Waals surface area (Å²) in [6.45, 7) is -0.382. The molecular weight excluding hydrogens is 235 g/mol. The lowest BCUT2D eigenvalue weighted by Gasteiger charge is -2.26. The van der Waals surface area contributed by atoms with E-state index in [9.17, 15) is 13.2 Å². The molecule has 0 saturated heterocycles. The summed E-state index contributed by atoms with van der Waals surface area (Å²) in [5.74, 6) is -0.105. The molecule has 0 amide bonds. The SMILES string of the molecule is OCc1ccc(C(F)(F)F)nc1OC1CCC1. The van der Waals surface area contributed by atoms with Crippen LogP contribution in [0.2, 0.25) is 0 Å². The van der Waals surface area contributed by atoms with Gasteiger partial charge in [0, 0.05) is 5.56 Å². The average molecular weight is 247 g/mol. The minimum absolute atomic E-state index is 0.0729. The third-order valence-corrected chi connectivity index (χ3v) is 2.73. The highest BCUT2D eigenvalue weighted by Crippen LogP contribution is 2.32. The van der Waals surface area contributed by atoms with E-state index in [4.69, 9.17) is 9.84 Å². The molecule has 1 aliphatic rings. The van der Waals surface area contributed by atoms with Crippen LogP contribution in [0.3, 0.4) is 0 Å². The Hall–Kier alpha value is -1.30. The van der Waals surface area contributed by atoms with Crippen molar-refractivity contribution in [3.05, 3.63) is 23.4 Å². The summed E-state index contributed by atoms with van der Waals surface area (Å²) in [5, 5.41) is 9.01. The van der Waals surface area contributed by atoms with E-state index in [1.165, 1.54) is 6.07 Å². The zero-order valence-corrected chi connectivity index (χ0v) is 9.00. The summed E-state index contributed by atoms with van der Waals surface area (Å²) in [6, 6.07) is 2.04. The zero-order valence-electron chi connectivity index (χ0n) is 9.00. The Morgan fingerprint density at radius 2 is 2.06 bits per heavy atom. The Labute approximate surface area is 96.2 Å². The number of ether oxygens (including phenoxy) is 1. The first-order valence-electron chi connectivity index (χ1n) is 5.35. The molecule has 1 saturated carbocycles. The molecule has 0 radical (unpaired) electrons. The van der Waals surface area contributed by atoms with E-state index in [0.717, 1.165) is 25.3 Å². The van der Waals surface area contributed by atoms with Crippen molar-refractivity contribution in [3.8, 4) is 5.88 Å². The van der Waals surface area contributed by atoms with E-state index in [2.05, 4.69) is 4.98 Å². The van der Waals surface area contributed by atoms with Crippen LogP contribution in [0.5, 0.6) is 5.88 Å². The third kappa shape index (κ3) is 2.69. The molecule has 17 heavy (non-hydrogen) atoms. The summed E-state index contributed by atoms with van der Waals surface area (Å²) < 4.78 is 42.7. The lowest BCUT2D eigenvalue weighted by Crippen LogP contribution is -2.26. The van der Waals surface area contributed by atoms with Crippen LogP contribution in [0.25, 0.3) is 0 Å². The maximum atomic E-state index is 12.5. The van der Waals surface area contributed by atoms with Crippen molar-refractivity contribution in [2.45, 2.75) is 38.1 Å². The molecule has 0 spiro atoms. The second-order valence-corrected chi connectivity index (χ2v) is 3.99. The van der Waals surface area contributed by atoms with Crippen molar-refractivity contribution in [1.29, 1.82) is 0 Å². The van der Waals surface area contributed by atoms with Gasteiger partial charge in [-0.2, -0.15) is 13.2 Å². The molecule has 6 heteroatoms. The number of aliphatic hydroxyl groups is 1. The van der Waals surface area contributed by atoms with Gasteiger partial charge in [-0.15, -0.1) is 0 Å². The highest BCUT2D eigenvalue weighted by Gasteiger charge is 2.33. The summed E-state index contributed by atoms with van der Waals surface area (Å²) in [5.41, 5.74) is -0.714. The average Bonchev–Trinajstić information content (AvgIpc) is 2.22. The first-order chi connectivity index (χ1) is 8.00. The van der Waals surface area contributed by atoms with Gasteiger partial charge in [-0.05, 0) is 31.4 Å². The fourth-order valence-electron chi connectivity index (χ4n) is 1.50. The van der Waals surface area contributed by atoms with Crippen LogP contribution in [0.1, 0.15) is 30.5 Å². The minimum Gasteiger partial charge on any atom is -0.474 e. The lowest BCUT2D eigenvalue weighted by atomic mass is 9.96. The Morgan fingerprint density at radius 1 is 1.35 bits per heavy atom. The molecule has 1 aromatic rings. The van der Waals surface area contributed by atoms with Crippen LogP contribution < -0.4 is 4.74 Å². The van der Waals surface area contributed by atoms with E-state index in [-0.39, 0.29) is 24.2 Å². The maximum Gasteiger partial charge on any atom is 0.433 e. The summed E-state index contributed by atoms with van der Waals surface area (Å²) in [4.78, 5) is 3.43. The van der Waals surface area contributed by atoms with Crippen molar-refractivity contribution in [2.75, 3.05) is 0 Å². The van der Waals surface area contributed by atoms with Gasteiger partial charge in [-0.25, -0.2) is 4.98 Å². The van der Waals surface area contributed by atoms with E-state index >= 15 is 0 Å². The van der Waals surface area contributed by atoms with Crippen LogP contribution in [0, 0.1) is 0 Å². The fourth-order valence-corrected chi connectivity index (χ4v) is 1.50. The number of alkyl halides is 3. The predicted octanol–water partition coefficient (Wildman–Crippen LogP) is 2.52. The van der Waals surface area contributed by atoms with Crippen molar-refractivity contribution >= 4 is 0 Å². The van der Waals surface area contributed by atoms with Crippen molar-refractivity contribution < 1.29 is 23.0 Å². The van der Waals surface area contributed by atoms with Gasteiger partial charge in [-0.3, -0.25) is 0 Å². The van der Waals surface area contributed by atoms with Crippen LogP contribution in [-0.4, -0.2) is 16.2 Å². The Bertz CT molecular complexity index is 402. The number of nitrogens with zero attached hydrogens (tertiary/aromatic N) is 1. The summed E-state index contributed by atoms with van der Waals surface area (Å²) in [7, 11) is 0. The minimum atomic E-state index is -4.49. The van der Waals surface area contributed by atoms with E-state index in [0.29, 0.717) is 0 Å². The van der Waals surface area contributed by atoms with E-state index in [1.54, 1.807) is 0 Å². The molecule has 0 aliphatic heterocycles. The van der Waals surface area contributed by atoms with E-state index < -0.39 is 11.9 Å². The second-order valence-electron chi connectivity index (χ2n) is 3.99. The predicted molar refractivity (Wildman–Crippen MR) is 53.4 cm³/mol. The summed E-state index contributed by atoms with van der Waals surface area (Å²) >= 11 is 0. The van der Waals surface area contributed by atoms with Gasteiger partial charge in [0.1, 0.15) is 11.8 Å². The molecule has 1 aromatic heterocycles. The fraction of sp³-hybridized carbons (Fsp3) is 0.545. The molecule has 0 atom stereocenters. The van der Waals surface area contributed by atoms with Crippen LogP contribution in [-0.2, 0) is 12.8 Å². The standard InChI is InChI=1S/C11H12F3NO2/c12-11(13,14)9-5-4-7(6-16)10(15-9)17-8-2-1-3-8/h4-5,8,16H,1-3,6H2. The molecule has 1 fully saturated rings. The van der Waals surface area contributed by atoms with E-state index in [1.807, 2.05) is 0 Å². The normalized spacial score (nSPS) is 16.7. The van der Waals surface area contributed by atoms with Crippen molar-refractivity contribution in [3.63, 3.8) is 0 Å². The first kappa shape index (κ1) is 12.2. The molecule has 1 aliphatic carbocycles. The molecular formula is C11H12F3NO2. The zero-order chi connectivity index (χ0) is 12.5. The lowest BCUT2D eigenvalue weighted by molar-refractivity contribution is -0.141. The molecule has 0 bridgehead atoms. The number of hydrogen-bond acceptors (Lipinski definition) is 3. The monoisotopic (exact) mass is 247 g/mol. The van der Waals surface area contributed by atoms with Crippen LogP contribution in [0.15, 0.2) is 12.1 Å². The number of aliphatic hydroxyl groups excluding tert-OH is 1. The van der Waals surface area contributed by atoms with Gasteiger partial charge >= 0.3 is 6.18 Å². The van der Waals surface area contributed by atoms with Gasteiger partial charge in [0.25, 0.3) is 0 Å². The van der Waals surface area contributed by atoms with Gasteiger partial charge in [-0.1, -0.05) is 0 Å². The highest BCUT2D eigenvalue weighted by atomic mass is 19.4. The number of halogens is 3. The van der Waals surface area contributed by atoms with Crippen molar-refractivity contribution in [2.24, 2.45) is 0 Å². The van der Waals surface area contributed by atoms with Crippen LogP contribution in [0.4, 0.5) is 13.2 Å². The maximum absolute atomic E-state index is 12.5. The Balaban J connectivity index is 2.25. The molecule has 1 heterocycles. The van der Waals surface area contributed by atoms with Crippen LogP contribution >= 0.6 is 0 Å². The number of aromatic nitrogens is 1. The highest BCUT2D eigenvalue weighted by molar-refractivity contribution is 5.29. The van der Waals surface area contributed by atoms with Gasteiger partial charge < -0.3 is 9.84 Å². The second kappa shape index (κ2) is 4.52. The molecule has 0 unspecified atom stereocenters. The Morgan fingerprint density at radius 3 is 2.53 bits per heavy atom. The molecule has 3 nitrogen and oxygen atoms in total.